The van der Waals surface area contributed by atoms with Crippen LogP contribution in [0, 0.1) is 0 Å². The number of aromatic nitrogens is 4. The van der Waals surface area contributed by atoms with Gasteiger partial charge in [0, 0.05) is 38.4 Å². The summed E-state index contributed by atoms with van der Waals surface area (Å²) in [6.07, 6.45) is 0. The van der Waals surface area contributed by atoms with E-state index in [1.165, 1.54) is 38.1 Å². The Bertz CT molecular complexity index is 3550. The minimum atomic E-state index is 0.616. The third-order valence-electron chi connectivity index (χ3n) is 11.9. The van der Waals surface area contributed by atoms with Crippen LogP contribution in [0.4, 0.5) is 0 Å². The Morgan fingerprint density at radius 1 is 0.250 bits per heavy atom. The smallest absolute Gasteiger partial charge is 0.164 e. The van der Waals surface area contributed by atoms with Gasteiger partial charge < -0.3 is 0 Å². The minimum absolute atomic E-state index is 0.616. The first-order valence-corrected chi connectivity index (χ1v) is 20.3. The van der Waals surface area contributed by atoms with Gasteiger partial charge in [0.2, 0.25) is 0 Å². The first kappa shape index (κ1) is 34.0. The van der Waals surface area contributed by atoms with Crippen molar-refractivity contribution in [1.82, 2.24) is 19.9 Å². The van der Waals surface area contributed by atoms with Gasteiger partial charge in [-0.05, 0) is 66.3 Å². The highest BCUT2D eigenvalue weighted by Crippen LogP contribution is 2.40. The highest BCUT2D eigenvalue weighted by atomic mass is 15.0. The Labute approximate surface area is 346 Å². The topological polar surface area (TPSA) is 51.6 Å². The quantitative estimate of drug-likeness (QED) is 0.164. The monoisotopic (exact) mass is 762 g/mol. The van der Waals surface area contributed by atoms with E-state index in [1.54, 1.807) is 0 Å². The predicted molar refractivity (Wildman–Crippen MR) is 250 cm³/mol. The molecule has 0 bridgehead atoms. The van der Waals surface area contributed by atoms with Gasteiger partial charge in [-0.25, -0.2) is 19.9 Å². The molecular weight excluding hydrogens is 729 g/mol. The average Bonchev–Trinajstić information content (AvgIpc) is 3.32. The van der Waals surface area contributed by atoms with Crippen LogP contribution in [0.5, 0.6) is 0 Å². The highest BCUT2D eigenvalue weighted by molar-refractivity contribution is 6.23. The molecule has 0 aliphatic rings. The summed E-state index contributed by atoms with van der Waals surface area (Å²) in [6, 6.07) is 72.9. The van der Waals surface area contributed by atoms with Crippen LogP contribution in [-0.4, -0.2) is 19.9 Å². The van der Waals surface area contributed by atoms with Crippen molar-refractivity contribution in [3.8, 4) is 56.5 Å². The Hall–Kier alpha value is -8.08. The lowest BCUT2D eigenvalue weighted by molar-refractivity contribution is 1.08. The van der Waals surface area contributed by atoms with Crippen molar-refractivity contribution in [2.45, 2.75) is 0 Å². The van der Waals surface area contributed by atoms with Crippen LogP contribution in [0.25, 0.3) is 121 Å². The summed E-state index contributed by atoms with van der Waals surface area (Å²) in [5.74, 6) is 1.90. The fraction of sp³-hybridized carbons (Fsp3) is 0. The molecule has 0 N–H and O–H groups in total. The zero-order valence-electron chi connectivity index (χ0n) is 32.4. The van der Waals surface area contributed by atoms with E-state index in [9.17, 15) is 0 Å². The predicted octanol–water partition coefficient (Wildman–Crippen LogP) is 14.5. The molecule has 0 radical (unpaired) electrons. The number of rotatable bonds is 5. The van der Waals surface area contributed by atoms with Crippen molar-refractivity contribution in [3.63, 3.8) is 0 Å². The molecular formula is C56H34N4. The minimum Gasteiger partial charge on any atom is -0.247 e. The van der Waals surface area contributed by atoms with Crippen LogP contribution in [0.15, 0.2) is 206 Å². The summed E-state index contributed by atoms with van der Waals surface area (Å²) in [6.45, 7) is 0. The molecule has 0 aliphatic heterocycles. The fourth-order valence-corrected chi connectivity index (χ4v) is 9.00. The molecule has 0 atom stereocenters. The number of hydrogen-bond donors (Lipinski definition) is 0. The molecule has 12 aromatic rings. The van der Waals surface area contributed by atoms with Crippen molar-refractivity contribution in [3.05, 3.63) is 206 Å². The van der Waals surface area contributed by atoms with E-state index < -0.39 is 0 Å². The first-order chi connectivity index (χ1) is 29.7. The molecule has 278 valence electrons. The van der Waals surface area contributed by atoms with Crippen LogP contribution >= 0.6 is 0 Å². The number of hydrogen-bond acceptors (Lipinski definition) is 4. The van der Waals surface area contributed by atoms with Gasteiger partial charge in [-0.15, -0.1) is 0 Å². The van der Waals surface area contributed by atoms with E-state index in [2.05, 4.69) is 206 Å². The SMILES string of the molecule is c1ccc2c(-c3ccc4nc(-c5ccc(-c6nc(-c7cccc8ccccc78)nc(-c7cccc8ccccc78)n6)cc5)c5ccc6ccccc6c5c4c3)cccc2c1. The number of benzene rings is 10. The van der Waals surface area contributed by atoms with Crippen LogP contribution in [0.3, 0.4) is 0 Å². The lowest BCUT2D eigenvalue weighted by Crippen LogP contribution is -2.01. The van der Waals surface area contributed by atoms with Gasteiger partial charge in [-0.2, -0.15) is 0 Å². The second-order valence-electron chi connectivity index (χ2n) is 15.4. The molecule has 4 heteroatoms. The van der Waals surface area contributed by atoms with Crippen LogP contribution in [-0.2, 0) is 0 Å². The molecule has 10 aromatic carbocycles. The molecule has 12 rings (SSSR count). The van der Waals surface area contributed by atoms with Gasteiger partial charge in [0.1, 0.15) is 0 Å². The van der Waals surface area contributed by atoms with Gasteiger partial charge in [0.05, 0.1) is 11.2 Å². The molecule has 60 heavy (non-hydrogen) atoms. The summed E-state index contributed by atoms with van der Waals surface area (Å²) >= 11 is 0. The number of fused-ring (bicyclic) bond motifs is 8. The zero-order valence-corrected chi connectivity index (χ0v) is 32.4. The van der Waals surface area contributed by atoms with Gasteiger partial charge in [-0.3, -0.25) is 0 Å². The molecule has 0 aliphatic carbocycles. The van der Waals surface area contributed by atoms with E-state index in [0.717, 1.165) is 65.8 Å². The molecule has 0 saturated carbocycles. The first-order valence-electron chi connectivity index (χ1n) is 20.3. The summed E-state index contributed by atoms with van der Waals surface area (Å²) in [5, 5.41) is 12.8. The van der Waals surface area contributed by atoms with Gasteiger partial charge in [-0.1, -0.05) is 194 Å². The summed E-state index contributed by atoms with van der Waals surface area (Å²) in [5.41, 5.74) is 8.16. The molecule has 4 nitrogen and oxygen atoms in total. The number of nitrogens with zero attached hydrogens (tertiary/aromatic N) is 4. The number of pyridine rings is 1. The molecule has 0 unspecified atom stereocenters. The fourth-order valence-electron chi connectivity index (χ4n) is 9.00. The summed E-state index contributed by atoms with van der Waals surface area (Å²) in [7, 11) is 0. The second kappa shape index (κ2) is 13.8. The van der Waals surface area contributed by atoms with Crippen molar-refractivity contribution in [2.75, 3.05) is 0 Å². The maximum atomic E-state index is 5.40. The van der Waals surface area contributed by atoms with Crippen molar-refractivity contribution >= 4 is 64.8 Å². The second-order valence-corrected chi connectivity index (χ2v) is 15.4. The van der Waals surface area contributed by atoms with Crippen LogP contribution in [0.1, 0.15) is 0 Å². The highest BCUT2D eigenvalue weighted by Gasteiger charge is 2.18. The summed E-state index contributed by atoms with van der Waals surface area (Å²) < 4.78 is 0. The maximum Gasteiger partial charge on any atom is 0.164 e. The van der Waals surface area contributed by atoms with Crippen LogP contribution in [0.2, 0.25) is 0 Å². The molecule has 0 spiro atoms. The molecule has 0 saturated heterocycles. The molecule has 2 heterocycles. The summed E-state index contributed by atoms with van der Waals surface area (Å²) in [4.78, 5) is 20.9. The Morgan fingerprint density at radius 3 is 1.30 bits per heavy atom. The largest absolute Gasteiger partial charge is 0.247 e. The molecule has 0 fully saturated rings. The Morgan fingerprint density at radius 2 is 0.700 bits per heavy atom. The van der Waals surface area contributed by atoms with Gasteiger partial charge in [0.15, 0.2) is 17.5 Å². The van der Waals surface area contributed by atoms with E-state index in [-0.39, 0.29) is 0 Å². The van der Waals surface area contributed by atoms with E-state index >= 15 is 0 Å². The normalized spacial score (nSPS) is 11.7. The maximum absolute atomic E-state index is 5.40. The molecule has 0 amide bonds. The van der Waals surface area contributed by atoms with Gasteiger partial charge in [0.25, 0.3) is 0 Å². The van der Waals surface area contributed by atoms with Gasteiger partial charge >= 0.3 is 0 Å². The van der Waals surface area contributed by atoms with E-state index in [0.29, 0.717) is 17.5 Å². The zero-order chi connectivity index (χ0) is 39.6. The van der Waals surface area contributed by atoms with Crippen LogP contribution < -0.4 is 0 Å². The Kier molecular flexibility index (Phi) is 7.82. The van der Waals surface area contributed by atoms with E-state index in [4.69, 9.17) is 19.9 Å². The molecule has 2 aromatic heterocycles. The van der Waals surface area contributed by atoms with Crippen molar-refractivity contribution in [1.29, 1.82) is 0 Å². The lowest BCUT2D eigenvalue weighted by Gasteiger charge is -2.15. The third-order valence-corrected chi connectivity index (χ3v) is 11.9. The van der Waals surface area contributed by atoms with Crippen molar-refractivity contribution < 1.29 is 0 Å². The lowest BCUT2D eigenvalue weighted by atomic mass is 9.92. The Balaban J connectivity index is 1.03. The standard InChI is InChI=1S/C56H34N4/c1-5-19-42-35(12-1)16-9-23-45(42)41-31-33-51-50(34-41)52-46-22-8-4-15-38(46)30-32-49(52)53(57-51)39-26-28-40(29-27-39)54-58-55(47-24-10-17-36-13-2-6-20-43(36)47)60-56(59-54)48-25-11-18-37-14-3-7-21-44(37)48/h1-34H. The average molecular weight is 763 g/mol. The van der Waals surface area contributed by atoms with Crippen molar-refractivity contribution in [2.24, 2.45) is 0 Å². The third kappa shape index (κ3) is 5.61. The van der Waals surface area contributed by atoms with E-state index in [1.807, 2.05) is 0 Å².